The van der Waals surface area contributed by atoms with E-state index in [1.165, 1.54) is 14.2 Å². The smallest absolute Gasteiger partial charge is 0.318 e. The first-order valence-corrected chi connectivity index (χ1v) is 6.43. The van der Waals surface area contributed by atoms with Gasteiger partial charge in [-0.3, -0.25) is 4.79 Å². The molecule has 0 radical (unpaired) electrons. The van der Waals surface area contributed by atoms with Gasteiger partial charge in [0.15, 0.2) is 11.5 Å². The van der Waals surface area contributed by atoms with Crippen LogP contribution in [0.1, 0.15) is 0 Å². The Balaban J connectivity index is 3.23. The highest BCUT2D eigenvalue weighted by Crippen LogP contribution is 2.31. The molecule has 1 aromatic rings. The van der Waals surface area contributed by atoms with Gasteiger partial charge in [0.05, 0.1) is 14.2 Å². The molecule has 0 aromatic heterocycles. The molecule has 0 aliphatic rings. The van der Waals surface area contributed by atoms with Crippen molar-refractivity contribution in [3.8, 4) is 11.5 Å². The Kier molecular flexibility index (Phi) is 4.67. The van der Waals surface area contributed by atoms with E-state index in [1.807, 2.05) is 0 Å². The van der Waals surface area contributed by atoms with E-state index in [-0.39, 0.29) is 11.5 Å². The van der Waals surface area contributed by atoms with Crippen molar-refractivity contribution in [2.75, 3.05) is 20.8 Å². The molecular weight excluding hydrogens is 281 g/mol. The molecule has 0 bridgehead atoms. The number of ether oxygens (including phenoxy) is 2. The quantitative estimate of drug-likeness (QED) is 0.777. The number of carbonyl (C=O) groups is 1. The highest BCUT2D eigenvalue weighted by atomic mass is 32.2. The largest absolute Gasteiger partial charge is 0.493 e. The van der Waals surface area contributed by atoms with Crippen molar-refractivity contribution in [2.45, 2.75) is 4.90 Å². The topological polar surface area (TPSA) is 102 Å². The van der Waals surface area contributed by atoms with Gasteiger partial charge >= 0.3 is 5.97 Å². The van der Waals surface area contributed by atoms with E-state index in [4.69, 9.17) is 14.6 Å². The van der Waals surface area contributed by atoms with Gasteiger partial charge < -0.3 is 14.6 Å². The molecule has 0 unspecified atom stereocenters. The van der Waals surface area contributed by atoms with Gasteiger partial charge in [-0.2, -0.15) is 4.72 Å². The van der Waals surface area contributed by atoms with Crippen molar-refractivity contribution in [2.24, 2.45) is 0 Å². The first-order chi connectivity index (χ1) is 8.81. The van der Waals surface area contributed by atoms with Gasteiger partial charge in [-0.25, -0.2) is 12.8 Å². The second kappa shape index (κ2) is 5.85. The Labute approximate surface area is 109 Å². The lowest BCUT2D eigenvalue weighted by Gasteiger charge is -2.11. The summed E-state index contributed by atoms with van der Waals surface area (Å²) in [7, 11) is -1.75. The number of carboxylic acids is 1. The summed E-state index contributed by atoms with van der Waals surface area (Å²) in [6.45, 7) is -0.851. The zero-order valence-corrected chi connectivity index (χ0v) is 11.0. The minimum atomic E-state index is -4.28. The summed E-state index contributed by atoms with van der Waals surface area (Å²) in [5, 5.41) is 8.41. The van der Waals surface area contributed by atoms with E-state index >= 15 is 0 Å². The molecule has 106 valence electrons. The van der Waals surface area contributed by atoms with E-state index < -0.39 is 33.3 Å². The summed E-state index contributed by atoms with van der Waals surface area (Å²) in [4.78, 5) is 9.60. The van der Waals surface area contributed by atoms with E-state index in [1.54, 1.807) is 4.72 Å². The van der Waals surface area contributed by atoms with Gasteiger partial charge in [-0.15, -0.1) is 0 Å². The highest BCUT2D eigenvalue weighted by molar-refractivity contribution is 7.89. The lowest BCUT2D eigenvalue weighted by Crippen LogP contribution is -2.30. The number of sulfonamides is 1. The van der Waals surface area contributed by atoms with Crippen LogP contribution in [0, 0.1) is 5.82 Å². The summed E-state index contributed by atoms with van der Waals surface area (Å²) in [5.74, 6) is -2.42. The predicted molar refractivity (Wildman–Crippen MR) is 62.3 cm³/mol. The number of methoxy groups -OCH3 is 2. The van der Waals surface area contributed by atoms with Crippen LogP contribution in [0.4, 0.5) is 4.39 Å². The Morgan fingerprint density at radius 1 is 1.32 bits per heavy atom. The lowest BCUT2D eigenvalue weighted by atomic mass is 10.3. The zero-order chi connectivity index (χ0) is 14.6. The SMILES string of the molecule is COc1cc(F)c(S(=O)(=O)NCC(=O)O)cc1OC. The molecule has 0 amide bonds. The van der Waals surface area contributed by atoms with Gasteiger partial charge in [0, 0.05) is 12.1 Å². The van der Waals surface area contributed by atoms with Crippen molar-refractivity contribution < 1.29 is 32.2 Å². The minimum absolute atomic E-state index is 0.0135. The van der Waals surface area contributed by atoms with Gasteiger partial charge in [0.2, 0.25) is 10.0 Å². The number of hydrogen-bond acceptors (Lipinski definition) is 5. The standard InChI is InChI=1S/C10H12FNO6S/c1-17-7-3-6(11)9(4-8(7)18-2)19(15,16)12-5-10(13)14/h3-4,12H,5H2,1-2H3,(H,13,14). The van der Waals surface area contributed by atoms with Crippen LogP contribution in [0.25, 0.3) is 0 Å². The minimum Gasteiger partial charge on any atom is -0.493 e. The van der Waals surface area contributed by atoms with Gasteiger partial charge in [0.25, 0.3) is 0 Å². The summed E-state index contributed by atoms with van der Waals surface area (Å²) in [5.41, 5.74) is 0. The Morgan fingerprint density at radius 2 is 1.84 bits per heavy atom. The maximum Gasteiger partial charge on any atom is 0.318 e. The predicted octanol–water partition coefficient (Wildman–Crippen LogP) is 0.206. The molecule has 2 N–H and O–H groups in total. The molecule has 0 atom stereocenters. The fraction of sp³-hybridized carbons (Fsp3) is 0.300. The third kappa shape index (κ3) is 3.55. The molecule has 19 heavy (non-hydrogen) atoms. The third-order valence-corrected chi connectivity index (χ3v) is 3.56. The van der Waals surface area contributed by atoms with Crippen molar-refractivity contribution in [1.29, 1.82) is 0 Å². The molecule has 0 spiro atoms. The van der Waals surface area contributed by atoms with Crippen LogP contribution in [0.15, 0.2) is 17.0 Å². The second-order valence-electron chi connectivity index (χ2n) is 3.36. The van der Waals surface area contributed by atoms with Crippen LogP contribution in [-0.2, 0) is 14.8 Å². The molecule has 7 nitrogen and oxygen atoms in total. The Morgan fingerprint density at radius 3 is 2.32 bits per heavy atom. The average molecular weight is 293 g/mol. The maximum absolute atomic E-state index is 13.7. The molecule has 9 heteroatoms. The van der Waals surface area contributed by atoms with Crippen LogP contribution in [0.2, 0.25) is 0 Å². The number of aliphatic carboxylic acids is 1. The molecule has 1 rings (SSSR count). The van der Waals surface area contributed by atoms with Gasteiger partial charge in [-0.1, -0.05) is 0 Å². The van der Waals surface area contributed by atoms with E-state index in [9.17, 15) is 17.6 Å². The summed E-state index contributed by atoms with van der Waals surface area (Å²) < 4.78 is 48.5. The number of nitrogens with one attached hydrogen (secondary N) is 1. The van der Waals surface area contributed by atoms with Crippen molar-refractivity contribution in [1.82, 2.24) is 4.72 Å². The highest BCUT2D eigenvalue weighted by Gasteiger charge is 2.23. The molecule has 0 aliphatic carbocycles. The van der Waals surface area contributed by atoms with Crippen molar-refractivity contribution in [3.63, 3.8) is 0 Å². The number of benzene rings is 1. The summed E-state index contributed by atoms with van der Waals surface area (Å²) in [6.07, 6.45) is 0. The summed E-state index contributed by atoms with van der Waals surface area (Å²) >= 11 is 0. The van der Waals surface area contributed by atoms with E-state index in [0.29, 0.717) is 0 Å². The molecule has 0 aliphatic heterocycles. The van der Waals surface area contributed by atoms with Gasteiger partial charge in [0.1, 0.15) is 17.3 Å². The van der Waals surface area contributed by atoms with Crippen molar-refractivity contribution >= 4 is 16.0 Å². The monoisotopic (exact) mass is 293 g/mol. The summed E-state index contributed by atoms with van der Waals surface area (Å²) in [6, 6.07) is 1.76. The van der Waals surface area contributed by atoms with E-state index in [2.05, 4.69) is 0 Å². The second-order valence-corrected chi connectivity index (χ2v) is 5.09. The van der Waals surface area contributed by atoms with Crippen LogP contribution < -0.4 is 14.2 Å². The Bertz CT molecular complexity index is 586. The van der Waals surface area contributed by atoms with Crippen LogP contribution in [0.3, 0.4) is 0 Å². The van der Waals surface area contributed by atoms with E-state index in [0.717, 1.165) is 12.1 Å². The molecule has 0 saturated heterocycles. The molecule has 1 aromatic carbocycles. The third-order valence-electron chi connectivity index (χ3n) is 2.14. The van der Waals surface area contributed by atoms with Crippen LogP contribution in [0.5, 0.6) is 11.5 Å². The fourth-order valence-corrected chi connectivity index (χ4v) is 2.32. The number of halogens is 1. The van der Waals surface area contributed by atoms with Crippen LogP contribution in [-0.4, -0.2) is 40.3 Å². The van der Waals surface area contributed by atoms with Crippen LogP contribution >= 0.6 is 0 Å². The Hall–Kier alpha value is -1.87. The number of rotatable bonds is 6. The maximum atomic E-state index is 13.7. The molecule has 0 saturated carbocycles. The van der Waals surface area contributed by atoms with Crippen molar-refractivity contribution in [3.05, 3.63) is 17.9 Å². The molecule has 0 heterocycles. The molecule has 0 fully saturated rings. The molecular formula is C10H12FNO6S. The normalized spacial score (nSPS) is 11.1. The first-order valence-electron chi connectivity index (χ1n) is 4.94. The average Bonchev–Trinajstić information content (AvgIpc) is 2.35. The first kappa shape index (κ1) is 15.2. The number of carboxylic acid groups (broad SMARTS) is 1. The number of hydrogen-bond donors (Lipinski definition) is 2. The fourth-order valence-electron chi connectivity index (χ4n) is 1.28. The lowest BCUT2D eigenvalue weighted by molar-refractivity contribution is -0.135. The van der Waals surface area contributed by atoms with Gasteiger partial charge in [-0.05, 0) is 0 Å². The zero-order valence-electron chi connectivity index (χ0n) is 10.1.